The second-order valence-corrected chi connectivity index (χ2v) is 19.5. The Balaban J connectivity index is 0.000000390. The third-order valence-electron chi connectivity index (χ3n) is 14.4. The zero-order valence-electron chi connectivity index (χ0n) is 44.5. The van der Waals surface area contributed by atoms with E-state index in [2.05, 4.69) is 118 Å². The van der Waals surface area contributed by atoms with Gasteiger partial charge in [-0.2, -0.15) is 0 Å². The van der Waals surface area contributed by atoms with Gasteiger partial charge in [-0.05, 0) is 144 Å². The third-order valence-corrected chi connectivity index (χ3v) is 14.4. The summed E-state index contributed by atoms with van der Waals surface area (Å²) in [6.07, 6.45) is 17.5. The van der Waals surface area contributed by atoms with Crippen molar-refractivity contribution in [3.63, 3.8) is 0 Å². The van der Waals surface area contributed by atoms with Crippen molar-refractivity contribution in [3.05, 3.63) is 118 Å². The minimum atomic E-state index is -0.487. The van der Waals surface area contributed by atoms with E-state index in [1.54, 1.807) is 26.2 Å². The van der Waals surface area contributed by atoms with Gasteiger partial charge in [-0.25, -0.2) is 4.39 Å². The van der Waals surface area contributed by atoms with E-state index in [1.807, 2.05) is 26.2 Å². The molecule has 2 amide bonds. The number of aryl methyl sites for hydroxylation is 2. The van der Waals surface area contributed by atoms with Gasteiger partial charge >= 0.3 is 0 Å². The molecule has 0 bridgehead atoms. The Morgan fingerprint density at radius 1 is 0.930 bits per heavy atom. The Labute approximate surface area is 425 Å². The predicted octanol–water partition coefficient (Wildman–Crippen LogP) is 10.3. The van der Waals surface area contributed by atoms with Gasteiger partial charge in [0.1, 0.15) is 11.9 Å². The monoisotopic (exact) mass is 977 g/mol. The van der Waals surface area contributed by atoms with Crippen molar-refractivity contribution in [2.45, 2.75) is 131 Å². The quantitative estimate of drug-likeness (QED) is 0.0977. The average Bonchev–Trinajstić information content (AvgIpc) is 3.77. The normalized spacial score (nSPS) is 18.8. The van der Waals surface area contributed by atoms with Crippen LogP contribution in [0, 0.1) is 25.6 Å². The zero-order valence-corrected chi connectivity index (χ0v) is 44.5. The number of pyridine rings is 1. The van der Waals surface area contributed by atoms with Crippen molar-refractivity contribution in [2.75, 3.05) is 83.3 Å². The van der Waals surface area contributed by atoms with Crippen LogP contribution in [0.3, 0.4) is 0 Å². The Morgan fingerprint density at radius 2 is 1.63 bits per heavy atom. The largest absolute Gasteiger partial charge is 0.385 e. The highest BCUT2D eigenvalue weighted by Crippen LogP contribution is 2.32. The van der Waals surface area contributed by atoms with Crippen LogP contribution in [0.4, 0.5) is 15.8 Å². The standard InChI is InChI=1S/C43H64N6O2.C13H15FN2O2.C2H6/c1-7-9-35(10-8-2)30-47-25-27-49(28-26-47)43(50)38-13-11-36(12-14-38)37-18-23-48(24-19-37)34(5)32(3)29-40-33(4)44-21-17-42(40)46-22-16-41-39(31-51-6)15-20-45-41;1-8-2-3-9(6-11(8)14)16-12-5-4-10(17)7-15-13(12)18;1-2/h11-14,16-17,21-22,29,34-35,37,45H,7-10,15,18-20,23-28,30-31H2,1-6H3,(H,44,46);2-3,6,12,16H,4-5,7H2,1H3,(H,15,18);1-2H3/b22-16-,32-29+;;. The first-order valence-corrected chi connectivity index (χ1v) is 26.6. The van der Waals surface area contributed by atoms with E-state index in [-0.39, 0.29) is 30.0 Å². The van der Waals surface area contributed by atoms with Gasteiger partial charge in [0.15, 0.2) is 5.78 Å². The van der Waals surface area contributed by atoms with Gasteiger partial charge < -0.3 is 30.9 Å². The number of carbonyl (C=O) groups is 3. The SMILES string of the molecule is CC.CCCC(CCC)CN1CCN(C(=O)c2ccc(C3CCN(C(C)/C(C)=C/c4c(N/C=C\C5=C(COC)CCN5)ccnc4C)CC3)cc2)CC1.Cc1ccc(NC2CCC(=O)CNC2=O)cc1F. The fourth-order valence-corrected chi connectivity index (χ4v) is 10.0. The molecule has 0 saturated carbocycles. The molecule has 0 spiro atoms. The molecule has 3 aromatic rings. The Hall–Kier alpha value is -5.37. The molecule has 4 aliphatic rings. The summed E-state index contributed by atoms with van der Waals surface area (Å²) in [5.41, 5.74) is 10.3. The van der Waals surface area contributed by atoms with E-state index in [1.165, 1.54) is 55.0 Å². The van der Waals surface area contributed by atoms with Gasteiger partial charge in [-0.15, -0.1) is 0 Å². The highest BCUT2D eigenvalue weighted by atomic mass is 19.1. The molecule has 0 radical (unpaired) electrons. The number of carbonyl (C=O) groups excluding carboxylic acids is 3. The Morgan fingerprint density at radius 3 is 2.30 bits per heavy atom. The first-order chi connectivity index (χ1) is 34.4. The number of nitrogens with zero attached hydrogens (tertiary/aromatic N) is 4. The summed E-state index contributed by atoms with van der Waals surface area (Å²) in [6, 6.07) is 15.2. The lowest BCUT2D eigenvalue weighted by Crippen LogP contribution is -2.49. The number of aromatic nitrogens is 1. The molecule has 71 heavy (non-hydrogen) atoms. The third kappa shape index (κ3) is 16.9. The molecule has 388 valence electrons. The summed E-state index contributed by atoms with van der Waals surface area (Å²) in [5, 5.41) is 12.5. The highest BCUT2D eigenvalue weighted by molar-refractivity contribution is 5.94. The molecule has 2 atom stereocenters. The molecule has 2 aromatic carbocycles. The van der Waals surface area contributed by atoms with Crippen LogP contribution in [0.1, 0.15) is 138 Å². The number of amides is 2. The number of ketones is 1. The van der Waals surface area contributed by atoms with Crippen molar-refractivity contribution in [2.24, 2.45) is 5.92 Å². The number of benzene rings is 2. The molecule has 13 heteroatoms. The van der Waals surface area contributed by atoms with E-state index in [0.29, 0.717) is 42.7 Å². The Bertz CT molecular complexity index is 2260. The van der Waals surface area contributed by atoms with Gasteiger partial charge in [-0.1, -0.05) is 70.4 Å². The van der Waals surface area contributed by atoms with Crippen molar-refractivity contribution < 1.29 is 23.5 Å². The second kappa shape index (κ2) is 29.2. The molecule has 3 saturated heterocycles. The smallest absolute Gasteiger partial charge is 0.253 e. The van der Waals surface area contributed by atoms with Crippen LogP contribution in [0.5, 0.6) is 0 Å². The van der Waals surface area contributed by atoms with Gasteiger partial charge in [0.2, 0.25) is 5.91 Å². The fraction of sp³-hybridized carbons (Fsp3) is 0.552. The molecule has 4 aliphatic heterocycles. The first kappa shape index (κ1) is 56.5. The number of methoxy groups -OCH3 is 1. The molecule has 2 unspecified atom stereocenters. The predicted molar refractivity (Wildman–Crippen MR) is 289 cm³/mol. The number of halogens is 1. The number of hydrogen-bond donors (Lipinski definition) is 4. The molecule has 5 heterocycles. The average molecular weight is 977 g/mol. The lowest BCUT2D eigenvalue weighted by Gasteiger charge is -2.37. The van der Waals surface area contributed by atoms with Crippen molar-refractivity contribution in [1.29, 1.82) is 0 Å². The number of piperidine rings is 1. The van der Waals surface area contributed by atoms with E-state index in [4.69, 9.17) is 4.74 Å². The van der Waals surface area contributed by atoms with Crippen molar-refractivity contribution >= 4 is 35.0 Å². The molecular formula is C58H85FN8O4. The minimum Gasteiger partial charge on any atom is -0.385 e. The van der Waals surface area contributed by atoms with E-state index < -0.39 is 6.04 Å². The van der Waals surface area contributed by atoms with Gasteiger partial charge in [0, 0.05) is 105 Å². The summed E-state index contributed by atoms with van der Waals surface area (Å²) in [4.78, 5) is 48.2. The number of allylic oxidation sites excluding steroid dienone is 1. The lowest BCUT2D eigenvalue weighted by molar-refractivity contribution is -0.123. The molecule has 12 nitrogen and oxygen atoms in total. The molecular weight excluding hydrogens is 892 g/mol. The van der Waals surface area contributed by atoms with Crippen LogP contribution in [-0.2, 0) is 14.3 Å². The van der Waals surface area contributed by atoms with Gasteiger partial charge in [0.25, 0.3) is 5.91 Å². The highest BCUT2D eigenvalue weighted by Gasteiger charge is 2.28. The summed E-state index contributed by atoms with van der Waals surface area (Å²) >= 11 is 0. The van der Waals surface area contributed by atoms with E-state index in [0.717, 1.165) is 99.2 Å². The topological polar surface area (TPSA) is 131 Å². The molecule has 3 fully saturated rings. The number of ether oxygens (including phenoxy) is 1. The van der Waals surface area contributed by atoms with Crippen LogP contribution >= 0.6 is 0 Å². The first-order valence-electron chi connectivity index (χ1n) is 26.6. The van der Waals surface area contributed by atoms with Crippen LogP contribution in [0.15, 0.2) is 83.8 Å². The van der Waals surface area contributed by atoms with Crippen LogP contribution < -0.4 is 21.3 Å². The van der Waals surface area contributed by atoms with Crippen molar-refractivity contribution in [3.8, 4) is 0 Å². The maximum atomic E-state index is 13.4. The maximum Gasteiger partial charge on any atom is 0.253 e. The number of nitrogens with one attached hydrogen (secondary N) is 4. The maximum absolute atomic E-state index is 13.4. The fourth-order valence-electron chi connectivity index (χ4n) is 10.0. The Kier molecular flexibility index (Phi) is 23.3. The molecule has 4 N–H and O–H groups in total. The minimum absolute atomic E-state index is 0.0164. The number of anilines is 2. The molecule has 7 rings (SSSR count). The number of hydrogen-bond acceptors (Lipinski definition) is 10. The summed E-state index contributed by atoms with van der Waals surface area (Å²) < 4.78 is 18.7. The second-order valence-electron chi connectivity index (χ2n) is 19.5. The lowest BCUT2D eigenvalue weighted by atomic mass is 9.88. The molecule has 1 aromatic heterocycles. The molecule has 0 aliphatic carbocycles. The van der Waals surface area contributed by atoms with Crippen LogP contribution in [-0.4, -0.2) is 122 Å². The van der Waals surface area contributed by atoms with Crippen LogP contribution in [0.25, 0.3) is 6.08 Å². The summed E-state index contributed by atoms with van der Waals surface area (Å²) in [7, 11) is 1.75. The summed E-state index contributed by atoms with van der Waals surface area (Å²) in [5.74, 6) is 0.985. The van der Waals surface area contributed by atoms with E-state index in [9.17, 15) is 18.8 Å². The van der Waals surface area contributed by atoms with Gasteiger partial charge in [-0.3, -0.25) is 29.2 Å². The number of likely N-dealkylation sites (tertiary alicyclic amines) is 1. The number of Topliss-reactive ketones (excluding diaryl/α,β-unsaturated/α-hetero) is 1. The zero-order chi connectivity index (χ0) is 51.3. The van der Waals surface area contributed by atoms with Crippen molar-refractivity contribution in [1.82, 2.24) is 30.3 Å². The van der Waals surface area contributed by atoms with Gasteiger partial charge in [0.05, 0.1) is 13.2 Å². The van der Waals surface area contributed by atoms with E-state index >= 15 is 0 Å². The number of piperazine rings is 1. The van der Waals surface area contributed by atoms with Crippen LogP contribution in [0.2, 0.25) is 0 Å². The number of rotatable bonds is 18. The summed E-state index contributed by atoms with van der Waals surface area (Å²) in [6.45, 7) is 25.6.